The summed E-state index contributed by atoms with van der Waals surface area (Å²) in [4.78, 5) is 3.75. The molecule has 0 radical (unpaired) electrons. The summed E-state index contributed by atoms with van der Waals surface area (Å²) < 4.78 is 24.0. The lowest BCUT2D eigenvalue weighted by atomic mass is 10.2. The molecule has 102 valence electrons. The van der Waals surface area contributed by atoms with Crippen LogP contribution in [0.1, 0.15) is 18.1 Å². The van der Waals surface area contributed by atoms with Crippen molar-refractivity contribution >= 4 is 0 Å². The van der Waals surface area contributed by atoms with Crippen LogP contribution < -0.4 is 9.47 Å². The smallest absolute Gasteiger partial charge is 0.162 e. The molecule has 0 bridgehead atoms. The molecule has 0 aliphatic carbocycles. The van der Waals surface area contributed by atoms with Crippen LogP contribution in [0.3, 0.4) is 0 Å². The van der Waals surface area contributed by atoms with Gasteiger partial charge in [-0.05, 0) is 25.1 Å². The SMILES string of the molecule is CCOc1cc(C#N)ccc1OCc1cncc(F)c1. The van der Waals surface area contributed by atoms with Crippen molar-refractivity contribution in [1.82, 2.24) is 4.98 Å². The number of nitriles is 1. The number of pyridine rings is 1. The van der Waals surface area contributed by atoms with Gasteiger partial charge in [-0.3, -0.25) is 4.98 Å². The lowest BCUT2D eigenvalue weighted by Crippen LogP contribution is -2.00. The van der Waals surface area contributed by atoms with Crippen molar-refractivity contribution < 1.29 is 13.9 Å². The minimum atomic E-state index is -0.407. The summed E-state index contributed by atoms with van der Waals surface area (Å²) in [5.74, 6) is 0.599. The molecule has 0 saturated heterocycles. The zero-order valence-electron chi connectivity index (χ0n) is 11.0. The van der Waals surface area contributed by atoms with E-state index >= 15 is 0 Å². The van der Waals surface area contributed by atoms with Gasteiger partial charge in [0.15, 0.2) is 11.5 Å². The highest BCUT2D eigenvalue weighted by Crippen LogP contribution is 2.29. The maximum atomic E-state index is 13.0. The van der Waals surface area contributed by atoms with Crippen molar-refractivity contribution in [2.45, 2.75) is 13.5 Å². The number of ether oxygens (including phenoxy) is 2. The standard InChI is InChI=1S/C15H13FN2O2/c1-2-19-15-6-11(7-17)3-4-14(15)20-10-12-5-13(16)9-18-8-12/h3-6,8-9H,2,10H2,1H3. The minimum Gasteiger partial charge on any atom is -0.490 e. The molecule has 0 amide bonds. The van der Waals surface area contributed by atoms with E-state index in [0.29, 0.717) is 29.2 Å². The van der Waals surface area contributed by atoms with Crippen molar-refractivity contribution in [3.63, 3.8) is 0 Å². The highest BCUT2D eigenvalue weighted by Gasteiger charge is 2.07. The molecule has 1 aromatic heterocycles. The molecule has 0 fully saturated rings. The molecule has 4 nitrogen and oxygen atoms in total. The van der Waals surface area contributed by atoms with Gasteiger partial charge >= 0.3 is 0 Å². The van der Waals surface area contributed by atoms with E-state index in [0.717, 1.165) is 6.20 Å². The Morgan fingerprint density at radius 1 is 1.20 bits per heavy atom. The Hall–Kier alpha value is -2.61. The van der Waals surface area contributed by atoms with E-state index in [4.69, 9.17) is 14.7 Å². The van der Waals surface area contributed by atoms with E-state index in [1.165, 1.54) is 12.3 Å². The monoisotopic (exact) mass is 272 g/mol. The average molecular weight is 272 g/mol. The molecule has 1 heterocycles. The fraction of sp³-hybridized carbons (Fsp3) is 0.200. The largest absolute Gasteiger partial charge is 0.490 e. The second-order valence-corrected chi connectivity index (χ2v) is 4.01. The van der Waals surface area contributed by atoms with Crippen LogP contribution in [0.5, 0.6) is 11.5 Å². The van der Waals surface area contributed by atoms with Crippen LogP contribution >= 0.6 is 0 Å². The molecule has 0 N–H and O–H groups in total. The van der Waals surface area contributed by atoms with E-state index in [2.05, 4.69) is 4.98 Å². The number of rotatable bonds is 5. The summed E-state index contributed by atoms with van der Waals surface area (Å²) in [5, 5.41) is 8.86. The summed E-state index contributed by atoms with van der Waals surface area (Å²) in [7, 11) is 0. The first-order valence-electron chi connectivity index (χ1n) is 6.12. The van der Waals surface area contributed by atoms with E-state index in [-0.39, 0.29) is 6.61 Å². The number of hydrogen-bond donors (Lipinski definition) is 0. The molecule has 20 heavy (non-hydrogen) atoms. The summed E-state index contributed by atoms with van der Waals surface area (Å²) in [6, 6.07) is 8.31. The van der Waals surface area contributed by atoms with Crippen LogP contribution in [-0.2, 0) is 6.61 Å². The third kappa shape index (κ3) is 3.45. The zero-order chi connectivity index (χ0) is 14.4. The Morgan fingerprint density at radius 3 is 2.75 bits per heavy atom. The fourth-order valence-corrected chi connectivity index (χ4v) is 1.66. The maximum Gasteiger partial charge on any atom is 0.162 e. The normalized spacial score (nSPS) is 9.85. The summed E-state index contributed by atoms with van der Waals surface area (Å²) in [5.41, 5.74) is 1.12. The van der Waals surface area contributed by atoms with Gasteiger partial charge in [-0.25, -0.2) is 4.39 Å². The van der Waals surface area contributed by atoms with Crippen molar-refractivity contribution in [3.05, 3.63) is 53.6 Å². The third-order valence-electron chi connectivity index (χ3n) is 2.53. The van der Waals surface area contributed by atoms with E-state index in [1.807, 2.05) is 13.0 Å². The average Bonchev–Trinajstić information content (AvgIpc) is 2.46. The van der Waals surface area contributed by atoms with Gasteiger partial charge in [0.05, 0.1) is 24.4 Å². The molecule has 0 atom stereocenters. The third-order valence-corrected chi connectivity index (χ3v) is 2.53. The first-order valence-corrected chi connectivity index (χ1v) is 6.12. The predicted molar refractivity (Wildman–Crippen MR) is 70.9 cm³/mol. The van der Waals surface area contributed by atoms with Crippen molar-refractivity contribution in [2.24, 2.45) is 0 Å². The summed E-state index contributed by atoms with van der Waals surface area (Å²) in [6.07, 6.45) is 2.67. The van der Waals surface area contributed by atoms with Gasteiger partial charge in [0.25, 0.3) is 0 Å². The summed E-state index contributed by atoms with van der Waals surface area (Å²) in [6.45, 7) is 2.49. The van der Waals surface area contributed by atoms with Gasteiger partial charge in [0.1, 0.15) is 12.4 Å². The topological polar surface area (TPSA) is 55.1 Å². The van der Waals surface area contributed by atoms with Crippen LogP contribution in [0.2, 0.25) is 0 Å². The van der Waals surface area contributed by atoms with Gasteiger partial charge in [-0.1, -0.05) is 0 Å². The molecule has 1 aromatic carbocycles. The van der Waals surface area contributed by atoms with E-state index < -0.39 is 5.82 Å². The van der Waals surface area contributed by atoms with Crippen molar-refractivity contribution in [1.29, 1.82) is 5.26 Å². The molecule has 2 rings (SSSR count). The first kappa shape index (κ1) is 13.8. The molecule has 5 heteroatoms. The lowest BCUT2D eigenvalue weighted by molar-refractivity contribution is 0.268. The Kier molecular flexibility index (Phi) is 4.51. The van der Waals surface area contributed by atoms with Gasteiger partial charge < -0.3 is 9.47 Å². The van der Waals surface area contributed by atoms with Crippen molar-refractivity contribution in [2.75, 3.05) is 6.61 Å². The molecular formula is C15H13FN2O2. The zero-order valence-corrected chi connectivity index (χ0v) is 11.0. The van der Waals surface area contributed by atoms with E-state index in [9.17, 15) is 4.39 Å². The maximum absolute atomic E-state index is 13.0. The number of hydrogen-bond acceptors (Lipinski definition) is 4. The Morgan fingerprint density at radius 2 is 2.05 bits per heavy atom. The first-order chi connectivity index (χ1) is 9.72. The predicted octanol–water partition coefficient (Wildman–Crippen LogP) is 3.07. The molecular weight excluding hydrogens is 259 g/mol. The number of nitrogens with zero attached hydrogens (tertiary/aromatic N) is 2. The number of benzene rings is 1. The lowest BCUT2D eigenvalue weighted by Gasteiger charge is -2.12. The van der Waals surface area contributed by atoms with E-state index in [1.54, 1.807) is 18.2 Å². The van der Waals surface area contributed by atoms with Crippen LogP contribution in [-0.4, -0.2) is 11.6 Å². The van der Waals surface area contributed by atoms with Crippen LogP contribution in [0.4, 0.5) is 4.39 Å². The minimum absolute atomic E-state index is 0.177. The van der Waals surface area contributed by atoms with Gasteiger partial charge in [-0.15, -0.1) is 0 Å². The van der Waals surface area contributed by atoms with Crippen LogP contribution in [0, 0.1) is 17.1 Å². The second-order valence-electron chi connectivity index (χ2n) is 4.01. The van der Waals surface area contributed by atoms with Crippen LogP contribution in [0.15, 0.2) is 36.7 Å². The number of halogens is 1. The van der Waals surface area contributed by atoms with Crippen molar-refractivity contribution in [3.8, 4) is 17.6 Å². The summed E-state index contributed by atoms with van der Waals surface area (Å²) >= 11 is 0. The Bertz CT molecular complexity index is 638. The van der Waals surface area contributed by atoms with Gasteiger partial charge in [-0.2, -0.15) is 5.26 Å². The quantitative estimate of drug-likeness (QED) is 0.839. The van der Waals surface area contributed by atoms with Crippen LogP contribution in [0.25, 0.3) is 0 Å². The molecule has 0 spiro atoms. The number of aromatic nitrogens is 1. The molecule has 0 saturated carbocycles. The fourth-order valence-electron chi connectivity index (χ4n) is 1.66. The molecule has 0 aliphatic rings. The Labute approximate surface area is 116 Å². The highest BCUT2D eigenvalue weighted by atomic mass is 19.1. The van der Waals surface area contributed by atoms with Gasteiger partial charge in [0, 0.05) is 17.8 Å². The Balaban J connectivity index is 2.14. The second kappa shape index (κ2) is 6.53. The molecule has 0 unspecified atom stereocenters. The molecule has 0 aliphatic heterocycles. The van der Waals surface area contributed by atoms with Gasteiger partial charge in [0.2, 0.25) is 0 Å². The highest BCUT2D eigenvalue weighted by molar-refractivity contribution is 5.46. The molecule has 2 aromatic rings.